The topological polar surface area (TPSA) is 20.2 Å². The Kier molecular flexibility index (Phi) is 5.84. The van der Waals surface area contributed by atoms with Gasteiger partial charge in [0.1, 0.15) is 0 Å². The van der Waals surface area contributed by atoms with Gasteiger partial charge in [0, 0.05) is 0 Å². The third-order valence-corrected chi connectivity index (χ3v) is 4.80. The number of hydrogen-bond donors (Lipinski definition) is 1. The Morgan fingerprint density at radius 1 is 0.588 bits per heavy atom. The van der Waals surface area contributed by atoms with E-state index < -0.39 is 0 Å². The second kappa shape index (κ2) is 7.41. The van der Waals surface area contributed by atoms with Crippen LogP contribution in [-0.4, -0.2) is 11.2 Å². The molecule has 0 unspecified atom stereocenters. The van der Waals surface area contributed by atoms with Crippen molar-refractivity contribution in [3.05, 3.63) is 0 Å². The Morgan fingerprint density at radius 3 is 1.65 bits per heavy atom. The zero-order chi connectivity index (χ0) is 11.9. The van der Waals surface area contributed by atoms with E-state index in [4.69, 9.17) is 0 Å². The lowest BCUT2D eigenvalue weighted by atomic mass is 10.0. The zero-order valence-corrected chi connectivity index (χ0v) is 11.4. The van der Waals surface area contributed by atoms with E-state index in [-0.39, 0.29) is 6.10 Å². The summed E-state index contributed by atoms with van der Waals surface area (Å²) in [6, 6.07) is 0. The molecule has 2 aliphatic carbocycles. The summed E-state index contributed by atoms with van der Waals surface area (Å²) < 4.78 is 0. The lowest BCUT2D eigenvalue weighted by Crippen LogP contribution is -2.10. The second-order valence-corrected chi connectivity index (χ2v) is 6.34. The van der Waals surface area contributed by atoms with Crippen molar-refractivity contribution in [2.45, 2.75) is 89.6 Å². The smallest absolute Gasteiger partial charge is 0.0571 e. The third kappa shape index (κ3) is 4.99. The minimum atomic E-state index is 0.0325. The molecule has 2 aliphatic rings. The third-order valence-electron chi connectivity index (χ3n) is 4.80. The van der Waals surface area contributed by atoms with E-state index in [1.807, 2.05) is 0 Å². The molecule has 0 radical (unpaired) electrons. The highest BCUT2D eigenvalue weighted by atomic mass is 16.3. The van der Waals surface area contributed by atoms with Gasteiger partial charge in [-0.25, -0.2) is 0 Å². The first-order chi connectivity index (χ1) is 8.38. The van der Waals surface area contributed by atoms with E-state index in [1.54, 1.807) is 0 Å². The SMILES string of the molecule is O[C@@H]1CCCCCCCCCCCC[C@@H]2C[C@@H]21. The Labute approximate surface area is 107 Å². The van der Waals surface area contributed by atoms with Crippen LogP contribution in [0, 0.1) is 11.8 Å². The fourth-order valence-electron chi connectivity index (χ4n) is 3.46. The van der Waals surface area contributed by atoms with Crippen molar-refractivity contribution in [3.63, 3.8) is 0 Å². The Bertz CT molecular complexity index is 202. The highest BCUT2D eigenvalue weighted by Gasteiger charge is 2.40. The van der Waals surface area contributed by atoms with Crippen LogP contribution in [0.4, 0.5) is 0 Å². The first-order valence-electron chi connectivity index (χ1n) is 8.06. The molecule has 1 N–H and O–H groups in total. The van der Waals surface area contributed by atoms with Gasteiger partial charge in [-0.1, -0.05) is 70.6 Å². The summed E-state index contributed by atoms with van der Waals surface area (Å²) in [6.07, 6.45) is 17.9. The average molecular weight is 238 g/mol. The molecule has 0 bridgehead atoms. The van der Waals surface area contributed by atoms with Crippen LogP contribution in [-0.2, 0) is 0 Å². The molecule has 0 amide bonds. The van der Waals surface area contributed by atoms with E-state index in [9.17, 15) is 5.11 Å². The molecule has 3 atom stereocenters. The van der Waals surface area contributed by atoms with E-state index in [1.165, 1.54) is 77.0 Å². The largest absolute Gasteiger partial charge is 0.393 e. The summed E-state index contributed by atoms with van der Waals surface area (Å²) in [6.45, 7) is 0. The highest BCUT2D eigenvalue weighted by molar-refractivity contribution is 4.91. The fraction of sp³-hybridized carbons (Fsp3) is 1.00. The maximum Gasteiger partial charge on any atom is 0.0571 e. The number of fused-ring (bicyclic) bond motifs is 1. The predicted molar refractivity (Wildman–Crippen MR) is 73.0 cm³/mol. The molecule has 0 aliphatic heterocycles. The van der Waals surface area contributed by atoms with Crippen molar-refractivity contribution < 1.29 is 5.11 Å². The highest BCUT2D eigenvalue weighted by Crippen LogP contribution is 2.46. The number of rotatable bonds is 0. The minimum absolute atomic E-state index is 0.0325. The van der Waals surface area contributed by atoms with Crippen molar-refractivity contribution in [3.8, 4) is 0 Å². The van der Waals surface area contributed by atoms with Crippen LogP contribution in [0.2, 0.25) is 0 Å². The maximum absolute atomic E-state index is 10.1. The summed E-state index contributed by atoms with van der Waals surface area (Å²) in [4.78, 5) is 0. The van der Waals surface area contributed by atoms with Crippen LogP contribution in [0.3, 0.4) is 0 Å². The van der Waals surface area contributed by atoms with Gasteiger partial charge in [-0.15, -0.1) is 0 Å². The molecule has 0 heterocycles. The van der Waals surface area contributed by atoms with Crippen molar-refractivity contribution >= 4 is 0 Å². The van der Waals surface area contributed by atoms with Crippen LogP contribution in [0.25, 0.3) is 0 Å². The Hall–Kier alpha value is -0.0400. The summed E-state index contributed by atoms with van der Waals surface area (Å²) in [5.41, 5.74) is 0. The standard InChI is InChI=1S/C16H30O/c17-16-12-10-8-6-4-2-1-3-5-7-9-11-14-13-15(14)16/h14-17H,1-13H2/t14-,15+,16-/m1/s1. The molecule has 0 aromatic rings. The molecule has 0 aromatic heterocycles. The minimum Gasteiger partial charge on any atom is -0.393 e. The van der Waals surface area contributed by atoms with Gasteiger partial charge in [-0.3, -0.25) is 0 Å². The van der Waals surface area contributed by atoms with Gasteiger partial charge >= 0.3 is 0 Å². The molecular weight excluding hydrogens is 208 g/mol. The van der Waals surface area contributed by atoms with Gasteiger partial charge < -0.3 is 5.11 Å². The van der Waals surface area contributed by atoms with Crippen LogP contribution in [0.1, 0.15) is 83.5 Å². The van der Waals surface area contributed by atoms with Gasteiger partial charge in [-0.05, 0) is 24.7 Å². The monoisotopic (exact) mass is 238 g/mol. The van der Waals surface area contributed by atoms with Crippen LogP contribution < -0.4 is 0 Å². The van der Waals surface area contributed by atoms with E-state index in [0.29, 0.717) is 5.92 Å². The summed E-state index contributed by atoms with van der Waals surface area (Å²) >= 11 is 0. The first kappa shape index (κ1) is 13.4. The van der Waals surface area contributed by atoms with E-state index in [0.717, 1.165) is 12.3 Å². The molecule has 100 valence electrons. The van der Waals surface area contributed by atoms with Gasteiger partial charge in [-0.2, -0.15) is 0 Å². The van der Waals surface area contributed by atoms with E-state index in [2.05, 4.69) is 0 Å². The molecular formula is C16H30O. The predicted octanol–water partition coefficient (Wildman–Crippen LogP) is 4.68. The van der Waals surface area contributed by atoms with Crippen LogP contribution in [0.15, 0.2) is 0 Å². The second-order valence-electron chi connectivity index (χ2n) is 6.34. The molecule has 2 saturated carbocycles. The first-order valence-corrected chi connectivity index (χ1v) is 8.06. The Morgan fingerprint density at radius 2 is 1.06 bits per heavy atom. The fourth-order valence-corrected chi connectivity index (χ4v) is 3.46. The Balaban J connectivity index is 1.67. The van der Waals surface area contributed by atoms with Gasteiger partial charge in [0.05, 0.1) is 6.10 Å². The van der Waals surface area contributed by atoms with Gasteiger partial charge in [0.15, 0.2) is 0 Å². The number of aliphatic hydroxyl groups is 1. The van der Waals surface area contributed by atoms with Crippen LogP contribution >= 0.6 is 0 Å². The molecule has 1 nitrogen and oxygen atoms in total. The van der Waals surface area contributed by atoms with Gasteiger partial charge in [0.2, 0.25) is 0 Å². The summed E-state index contributed by atoms with van der Waals surface area (Å²) in [5.74, 6) is 1.57. The average Bonchev–Trinajstić information content (AvgIpc) is 3.08. The maximum atomic E-state index is 10.1. The molecule has 2 fully saturated rings. The normalized spacial score (nSPS) is 37.6. The molecule has 0 saturated heterocycles. The number of aliphatic hydroxyl groups excluding tert-OH is 1. The van der Waals surface area contributed by atoms with Crippen molar-refractivity contribution in [1.29, 1.82) is 0 Å². The number of hydrogen-bond acceptors (Lipinski definition) is 1. The van der Waals surface area contributed by atoms with Crippen molar-refractivity contribution in [2.75, 3.05) is 0 Å². The molecule has 1 heteroatoms. The summed E-state index contributed by atoms with van der Waals surface area (Å²) in [5, 5.41) is 10.1. The lowest BCUT2D eigenvalue weighted by molar-refractivity contribution is 0.131. The molecule has 0 aromatic carbocycles. The molecule has 0 spiro atoms. The molecule has 17 heavy (non-hydrogen) atoms. The quantitative estimate of drug-likeness (QED) is 0.650. The van der Waals surface area contributed by atoms with Gasteiger partial charge in [0.25, 0.3) is 0 Å². The lowest BCUT2D eigenvalue weighted by Gasteiger charge is -2.09. The summed E-state index contributed by atoms with van der Waals surface area (Å²) in [7, 11) is 0. The van der Waals surface area contributed by atoms with E-state index >= 15 is 0 Å². The van der Waals surface area contributed by atoms with Crippen LogP contribution in [0.5, 0.6) is 0 Å². The van der Waals surface area contributed by atoms with Crippen molar-refractivity contribution in [1.82, 2.24) is 0 Å². The van der Waals surface area contributed by atoms with Crippen molar-refractivity contribution in [2.24, 2.45) is 11.8 Å². The molecule has 2 rings (SSSR count). The zero-order valence-electron chi connectivity index (χ0n) is 11.4.